The van der Waals surface area contributed by atoms with Crippen molar-refractivity contribution in [1.29, 1.82) is 0 Å². The van der Waals surface area contributed by atoms with E-state index in [2.05, 4.69) is 10.5 Å². The first-order chi connectivity index (χ1) is 11.5. The van der Waals surface area contributed by atoms with Gasteiger partial charge in [-0.05, 0) is 32.0 Å². The number of amides is 1. The van der Waals surface area contributed by atoms with Gasteiger partial charge < -0.3 is 4.42 Å². The molecular weight excluding hydrogens is 314 g/mol. The minimum atomic E-state index is -0.745. The summed E-state index contributed by atoms with van der Waals surface area (Å²) in [6, 6.07) is 10.8. The van der Waals surface area contributed by atoms with E-state index in [0.717, 1.165) is 17.5 Å². The van der Waals surface area contributed by atoms with Crippen molar-refractivity contribution in [2.75, 3.05) is 0 Å². The van der Waals surface area contributed by atoms with Gasteiger partial charge in [-0.15, -0.1) is 0 Å². The Hall–Kier alpha value is -3.02. The summed E-state index contributed by atoms with van der Waals surface area (Å²) < 4.78 is 32.9. The summed E-state index contributed by atoms with van der Waals surface area (Å²) in [5.74, 6) is -1.96. The highest BCUT2D eigenvalue weighted by Gasteiger charge is 2.18. The fraction of sp³-hybridized carbons (Fsp3) is 0.111. The van der Waals surface area contributed by atoms with Gasteiger partial charge >= 0.3 is 5.91 Å². The summed E-state index contributed by atoms with van der Waals surface area (Å²) in [6.45, 7) is 3.17. The maximum Gasteiger partial charge on any atom is 0.307 e. The third kappa shape index (κ3) is 2.78. The number of hydrazone groups is 1. The molecule has 6 heteroatoms. The molecule has 0 bridgehead atoms. The summed E-state index contributed by atoms with van der Waals surface area (Å²) in [4.78, 5) is 12.2. The quantitative estimate of drug-likeness (QED) is 0.579. The number of hydrogen-bond acceptors (Lipinski definition) is 3. The molecule has 1 aromatic heterocycles. The van der Waals surface area contributed by atoms with E-state index in [1.807, 2.05) is 12.1 Å². The van der Waals surface area contributed by atoms with E-state index >= 15 is 0 Å². The van der Waals surface area contributed by atoms with Gasteiger partial charge in [0, 0.05) is 10.9 Å². The molecule has 0 spiro atoms. The smallest absolute Gasteiger partial charge is 0.307 e. The van der Waals surface area contributed by atoms with Crippen molar-refractivity contribution in [3.8, 4) is 0 Å². The second-order valence-electron chi connectivity index (χ2n) is 5.29. The molecule has 0 aliphatic rings. The molecule has 2 aromatic carbocycles. The molecule has 3 rings (SSSR count). The Labute approximate surface area is 136 Å². The van der Waals surface area contributed by atoms with Gasteiger partial charge in [-0.3, -0.25) is 4.79 Å². The summed E-state index contributed by atoms with van der Waals surface area (Å²) in [5.41, 5.74) is 3.28. The molecule has 24 heavy (non-hydrogen) atoms. The molecule has 3 aromatic rings. The highest BCUT2D eigenvalue weighted by atomic mass is 19.1. The third-order valence-electron chi connectivity index (χ3n) is 3.70. The number of fused-ring (bicyclic) bond motifs is 1. The molecule has 0 radical (unpaired) electrons. The molecule has 1 N–H and O–H groups in total. The maximum atomic E-state index is 13.7. The second-order valence-corrected chi connectivity index (χ2v) is 5.29. The number of nitrogens with one attached hydrogen (secondary N) is 1. The lowest BCUT2D eigenvalue weighted by Crippen LogP contribution is -2.20. The Morgan fingerprint density at radius 1 is 1.08 bits per heavy atom. The van der Waals surface area contributed by atoms with Crippen LogP contribution in [0.5, 0.6) is 0 Å². The number of carbonyl (C=O) groups excluding carboxylic acids is 1. The van der Waals surface area contributed by atoms with E-state index in [1.165, 1.54) is 13.0 Å². The number of carbonyl (C=O) groups is 1. The van der Waals surface area contributed by atoms with E-state index in [1.54, 1.807) is 19.1 Å². The maximum absolute atomic E-state index is 13.7. The van der Waals surface area contributed by atoms with Gasteiger partial charge in [0.2, 0.25) is 0 Å². The zero-order valence-electron chi connectivity index (χ0n) is 13.1. The minimum absolute atomic E-state index is 0.0210. The predicted molar refractivity (Wildman–Crippen MR) is 87.0 cm³/mol. The Morgan fingerprint density at radius 2 is 1.75 bits per heavy atom. The van der Waals surface area contributed by atoms with Gasteiger partial charge in [-0.1, -0.05) is 24.3 Å². The van der Waals surface area contributed by atoms with Crippen LogP contribution in [0.1, 0.15) is 28.6 Å². The zero-order chi connectivity index (χ0) is 17.3. The summed E-state index contributed by atoms with van der Waals surface area (Å²) in [5, 5.41) is 4.60. The largest absolute Gasteiger partial charge is 0.451 e. The lowest BCUT2D eigenvalue weighted by Gasteiger charge is -2.04. The molecule has 0 atom stereocenters. The Morgan fingerprint density at radius 3 is 2.42 bits per heavy atom. The van der Waals surface area contributed by atoms with Gasteiger partial charge in [0.15, 0.2) is 5.76 Å². The number of aryl methyl sites for hydroxylation is 1. The average Bonchev–Trinajstić information content (AvgIpc) is 2.90. The first-order valence-corrected chi connectivity index (χ1v) is 7.26. The van der Waals surface area contributed by atoms with Crippen LogP contribution in [0, 0.1) is 18.6 Å². The second kappa shape index (κ2) is 6.23. The number of benzene rings is 2. The standard InChI is InChI=1S/C18H14F2N2O2/c1-10-12-6-3-4-9-15(12)24-17(10)18(23)22-21-11(2)16-13(19)7-5-8-14(16)20/h3-9H,1-2H3,(H,22,23)/b21-11-. The molecular formula is C18H14F2N2O2. The highest BCUT2D eigenvalue weighted by Crippen LogP contribution is 2.24. The normalized spacial score (nSPS) is 11.8. The van der Waals surface area contributed by atoms with Gasteiger partial charge in [-0.2, -0.15) is 5.10 Å². The van der Waals surface area contributed by atoms with Gasteiger partial charge in [0.1, 0.15) is 17.2 Å². The number of nitrogens with zero attached hydrogens (tertiary/aromatic N) is 1. The van der Waals surface area contributed by atoms with Crippen molar-refractivity contribution >= 4 is 22.6 Å². The summed E-state index contributed by atoms with van der Waals surface area (Å²) in [7, 11) is 0. The van der Waals surface area contributed by atoms with Crippen LogP contribution in [0.15, 0.2) is 52.0 Å². The molecule has 0 aliphatic heterocycles. The van der Waals surface area contributed by atoms with Crippen molar-refractivity contribution < 1.29 is 18.0 Å². The van der Waals surface area contributed by atoms with Crippen LogP contribution in [0.2, 0.25) is 0 Å². The van der Waals surface area contributed by atoms with Crippen LogP contribution in [0.25, 0.3) is 11.0 Å². The molecule has 4 nitrogen and oxygen atoms in total. The first kappa shape index (κ1) is 15.9. The van der Waals surface area contributed by atoms with Gasteiger partial charge in [0.05, 0.1) is 11.3 Å². The van der Waals surface area contributed by atoms with E-state index in [0.29, 0.717) is 11.1 Å². The number of para-hydroxylation sites is 1. The number of hydrogen-bond donors (Lipinski definition) is 1. The number of furan rings is 1. The van der Waals surface area contributed by atoms with Crippen LogP contribution in [-0.4, -0.2) is 11.6 Å². The Balaban J connectivity index is 1.88. The van der Waals surface area contributed by atoms with Crippen molar-refractivity contribution in [1.82, 2.24) is 5.43 Å². The highest BCUT2D eigenvalue weighted by molar-refractivity contribution is 6.02. The van der Waals surface area contributed by atoms with Crippen molar-refractivity contribution in [3.05, 3.63) is 71.0 Å². The molecule has 0 aliphatic carbocycles. The molecule has 1 amide bonds. The van der Waals surface area contributed by atoms with Gasteiger partial charge in [-0.25, -0.2) is 14.2 Å². The topological polar surface area (TPSA) is 54.6 Å². The molecule has 0 unspecified atom stereocenters. The average molecular weight is 328 g/mol. The number of halogens is 2. The fourth-order valence-corrected chi connectivity index (χ4v) is 2.48. The molecule has 1 heterocycles. The van der Waals surface area contributed by atoms with Crippen LogP contribution in [0.4, 0.5) is 8.78 Å². The molecule has 0 saturated carbocycles. The van der Waals surface area contributed by atoms with Crippen molar-refractivity contribution in [2.24, 2.45) is 5.10 Å². The predicted octanol–water partition coefficient (Wildman–Crippen LogP) is 4.17. The van der Waals surface area contributed by atoms with Crippen molar-refractivity contribution in [3.63, 3.8) is 0 Å². The molecule has 0 fully saturated rings. The first-order valence-electron chi connectivity index (χ1n) is 7.26. The third-order valence-corrected chi connectivity index (χ3v) is 3.70. The SMILES string of the molecule is C/C(=N/NC(=O)c1oc2ccccc2c1C)c1c(F)cccc1F. The number of rotatable bonds is 3. The van der Waals surface area contributed by atoms with Crippen LogP contribution < -0.4 is 5.43 Å². The lowest BCUT2D eigenvalue weighted by molar-refractivity contribution is 0.0928. The van der Waals surface area contributed by atoms with E-state index in [9.17, 15) is 13.6 Å². The molecule has 0 saturated heterocycles. The van der Waals surface area contributed by atoms with Crippen LogP contribution >= 0.6 is 0 Å². The monoisotopic (exact) mass is 328 g/mol. The lowest BCUT2D eigenvalue weighted by atomic mass is 10.1. The van der Waals surface area contributed by atoms with E-state index in [-0.39, 0.29) is 17.0 Å². The minimum Gasteiger partial charge on any atom is -0.451 e. The van der Waals surface area contributed by atoms with Crippen LogP contribution in [-0.2, 0) is 0 Å². The van der Waals surface area contributed by atoms with Gasteiger partial charge in [0.25, 0.3) is 0 Å². The van der Waals surface area contributed by atoms with E-state index in [4.69, 9.17) is 4.42 Å². The van der Waals surface area contributed by atoms with Crippen molar-refractivity contribution in [2.45, 2.75) is 13.8 Å². The zero-order valence-corrected chi connectivity index (χ0v) is 13.1. The Kier molecular flexibility index (Phi) is 4.12. The molecule has 122 valence electrons. The fourth-order valence-electron chi connectivity index (χ4n) is 2.48. The van der Waals surface area contributed by atoms with E-state index < -0.39 is 17.5 Å². The summed E-state index contributed by atoms with van der Waals surface area (Å²) in [6.07, 6.45) is 0. The summed E-state index contributed by atoms with van der Waals surface area (Å²) >= 11 is 0. The Bertz CT molecular complexity index is 941. The van der Waals surface area contributed by atoms with Crippen LogP contribution in [0.3, 0.4) is 0 Å².